The smallest absolute Gasteiger partial charge is 0.453 e. The summed E-state index contributed by atoms with van der Waals surface area (Å²) in [6.45, 7) is 1.56. The highest BCUT2D eigenvalue weighted by Crippen LogP contribution is 2.38. The van der Waals surface area contributed by atoms with E-state index in [0.717, 1.165) is 6.07 Å². The molecule has 1 aromatic heterocycles. The lowest BCUT2D eigenvalue weighted by molar-refractivity contribution is -0.154. The topological polar surface area (TPSA) is 75.0 Å². The highest BCUT2D eigenvalue weighted by Gasteiger charge is 2.40. The molecule has 0 aliphatic carbocycles. The molecule has 6 nitrogen and oxygen atoms in total. The van der Waals surface area contributed by atoms with Crippen LogP contribution in [-0.4, -0.2) is 13.1 Å². The fourth-order valence-electron chi connectivity index (χ4n) is 2.46. The van der Waals surface area contributed by atoms with Crippen molar-refractivity contribution in [3.8, 4) is 23.0 Å². The minimum atomic E-state index is -4.99. The van der Waals surface area contributed by atoms with Gasteiger partial charge in [-0.3, -0.25) is 9.59 Å². The summed E-state index contributed by atoms with van der Waals surface area (Å²) in [4.78, 5) is 24.1. The van der Waals surface area contributed by atoms with E-state index < -0.39 is 29.1 Å². The quantitative estimate of drug-likeness (QED) is 0.440. The van der Waals surface area contributed by atoms with Gasteiger partial charge in [0.25, 0.3) is 5.76 Å². The SMILES string of the molecule is CCC(=O)Oc1ccc2c(=O)c(Oc3ccc(OC)cc3)c(C(F)(F)F)oc2c1. The predicted molar refractivity (Wildman–Crippen MR) is 96.5 cm³/mol. The average Bonchev–Trinajstić information content (AvgIpc) is 2.69. The summed E-state index contributed by atoms with van der Waals surface area (Å²) in [6, 6.07) is 9.21. The summed E-state index contributed by atoms with van der Waals surface area (Å²) in [5, 5.41) is -0.155. The van der Waals surface area contributed by atoms with E-state index in [1.807, 2.05) is 0 Å². The number of benzene rings is 2. The Morgan fingerprint density at radius 2 is 1.66 bits per heavy atom. The van der Waals surface area contributed by atoms with Gasteiger partial charge in [0.1, 0.15) is 22.8 Å². The zero-order chi connectivity index (χ0) is 21.2. The molecule has 1 heterocycles. The maximum absolute atomic E-state index is 13.5. The molecule has 0 aliphatic rings. The number of ether oxygens (including phenoxy) is 3. The molecule has 0 saturated heterocycles. The molecule has 0 fully saturated rings. The molecular weight excluding hydrogens is 393 g/mol. The molecule has 0 atom stereocenters. The summed E-state index contributed by atoms with van der Waals surface area (Å²) in [5.41, 5.74) is -1.39. The van der Waals surface area contributed by atoms with Crippen LogP contribution in [0, 0.1) is 0 Å². The third-order valence-electron chi connectivity index (χ3n) is 3.88. The molecular formula is C20H15F3O6. The fourth-order valence-corrected chi connectivity index (χ4v) is 2.46. The number of carbonyl (C=O) groups excluding carboxylic acids is 1. The van der Waals surface area contributed by atoms with Crippen LogP contribution in [0.4, 0.5) is 13.2 Å². The Balaban J connectivity index is 2.12. The Bertz CT molecular complexity index is 1100. The highest BCUT2D eigenvalue weighted by molar-refractivity contribution is 5.81. The van der Waals surface area contributed by atoms with Gasteiger partial charge in [0, 0.05) is 12.5 Å². The molecule has 9 heteroatoms. The first-order chi connectivity index (χ1) is 13.7. The second-order valence-electron chi connectivity index (χ2n) is 5.85. The number of carbonyl (C=O) groups is 1. The van der Waals surface area contributed by atoms with Gasteiger partial charge < -0.3 is 18.6 Å². The fraction of sp³-hybridized carbons (Fsp3) is 0.200. The Morgan fingerprint density at radius 1 is 1.03 bits per heavy atom. The van der Waals surface area contributed by atoms with Gasteiger partial charge in [-0.2, -0.15) is 13.2 Å². The summed E-state index contributed by atoms with van der Waals surface area (Å²) < 4.78 is 60.7. The molecule has 0 amide bonds. The van der Waals surface area contributed by atoms with Gasteiger partial charge in [-0.05, 0) is 36.4 Å². The normalized spacial score (nSPS) is 11.3. The molecule has 0 unspecified atom stereocenters. The van der Waals surface area contributed by atoms with E-state index in [2.05, 4.69) is 0 Å². The first-order valence-corrected chi connectivity index (χ1v) is 8.43. The van der Waals surface area contributed by atoms with Crippen LogP contribution < -0.4 is 19.6 Å². The average molecular weight is 408 g/mol. The van der Waals surface area contributed by atoms with Crippen LogP contribution >= 0.6 is 0 Å². The molecule has 3 rings (SSSR count). The van der Waals surface area contributed by atoms with Crippen LogP contribution in [0.25, 0.3) is 11.0 Å². The molecule has 3 aromatic rings. The van der Waals surface area contributed by atoms with Crippen LogP contribution in [0.5, 0.6) is 23.0 Å². The molecule has 152 valence electrons. The van der Waals surface area contributed by atoms with Crippen molar-refractivity contribution in [2.75, 3.05) is 7.11 Å². The van der Waals surface area contributed by atoms with Gasteiger partial charge in [0.05, 0.1) is 12.5 Å². The lowest BCUT2D eigenvalue weighted by Gasteiger charge is -2.13. The molecule has 0 N–H and O–H groups in total. The Morgan fingerprint density at radius 3 is 2.24 bits per heavy atom. The highest BCUT2D eigenvalue weighted by atomic mass is 19.4. The summed E-state index contributed by atoms with van der Waals surface area (Å²) >= 11 is 0. The molecule has 0 spiro atoms. The standard InChI is InChI=1S/C20H15F3O6/c1-3-16(24)27-13-8-9-14-15(10-13)29-19(20(21,22)23)18(17(14)25)28-12-6-4-11(26-2)5-7-12/h4-10H,3H2,1-2H3. The Kier molecular flexibility index (Phi) is 5.49. The van der Waals surface area contributed by atoms with Gasteiger partial charge in [-0.1, -0.05) is 6.92 Å². The van der Waals surface area contributed by atoms with E-state index >= 15 is 0 Å². The van der Waals surface area contributed by atoms with Gasteiger partial charge in [0.2, 0.25) is 11.2 Å². The van der Waals surface area contributed by atoms with Gasteiger partial charge in [-0.15, -0.1) is 0 Å². The maximum Gasteiger partial charge on any atom is 0.453 e. The number of fused-ring (bicyclic) bond motifs is 1. The minimum absolute atomic E-state index is 0.00329. The lowest BCUT2D eigenvalue weighted by Crippen LogP contribution is -2.15. The molecule has 0 radical (unpaired) electrons. The monoisotopic (exact) mass is 408 g/mol. The van der Waals surface area contributed by atoms with Crippen molar-refractivity contribution in [2.45, 2.75) is 19.5 Å². The van der Waals surface area contributed by atoms with Crippen LogP contribution in [0.15, 0.2) is 51.7 Å². The minimum Gasteiger partial charge on any atom is -0.497 e. The van der Waals surface area contributed by atoms with E-state index in [9.17, 15) is 22.8 Å². The van der Waals surface area contributed by atoms with Crippen molar-refractivity contribution in [1.29, 1.82) is 0 Å². The van der Waals surface area contributed by atoms with Gasteiger partial charge in [-0.25, -0.2) is 0 Å². The summed E-state index contributed by atoms with van der Waals surface area (Å²) in [7, 11) is 1.43. The van der Waals surface area contributed by atoms with Crippen LogP contribution in [0.3, 0.4) is 0 Å². The molecule has 2 aromatic carbocycles. The molecule has 0 aliphatic heterocycles. The lowest BCUT2D eigenvalue weighted by atomic mass is 10.2. The molecule has 0 bridgehead atoms. The molecule has 29 heavy (non-hydrogen) atoms. The van der Waals surface area contributed by atoms with Crippen molar-refractivity contribution in [3.63, 3.8) is 0 Å². The first kappa shape index (κ1) is 20.2. The largest absolute Gasteiger partial charge is 0.497 e. The zero-order valence-electron chi connectivity index (χ0n) is 15.3. The van der Waals surface area contributed by atoms with Crippen molar-refractivity contribution in [1.82, 2.24) is 0 Å². The number of esters is 1. The maximum atomic E-state index is 13.5. The second kappa shape index (κ2) is 7.86. The number of hydrogen-bond acceptors (Lipinski definition) is 6. The second-order valence-corrected chi connectivity index (χ2v) is 5.85. The van der Waals surface area contributed by atoms with Gasteiger partial charge >= 0.3 is 12.1 Å². The van der Waals surface area contributed by atoms with Crippen LogP contribution in [-0.2, 0) is 11.0 Å². The van der Waals surface area contributed by atoms with Crippen molar-refractivity contribution in [2.24, 2.45) is 0 Å². The van der Waals surface area contributed by atoms with E-state index in [0.29, 0.717) is 5.75 Å². The third-order valence-corrected chi connectivity index (χ3v) is 3.88. The van der Waals surface area contributed by atoms with Crippen LogP contribution in [0.2, 0.25) is 0 Å². The van der Waals surface area contributed by atoms with E-state index in [1.165, 1.54) is 43.5 Å². The Hall–Kier alpha value is -3.49. The summed E-state index contributed by atoms with van der Waals surface area (Å²) in [6.07, 6.45) is -4.92. The van der Waals surface area contributed by atoms with Crippen molar-refractivity contribution >= 4 is 16.9 Å². The first-order valence-electron chi connectivity index (χ1n) is 8.43. The predicted octanol–water partition coefficient (Wildman–Crippen LogP) is 4.93. The van der Waals surface area contributed by atoms with E-state index in [4.69, 9.17) is 18.6 Å². The summed E-state index contributed by atoms with van der Waals surface area (Å²) in [5.74, 6) is -2.74. The number of halogens is 3. The van der Waals surface area contributed by atoms with E-state index in [-0.39, 0.29) is 28.9 Å². The number of rotatable bonds is 5. The van der Waals surface area contributed by atoms with E-state index in [1.54, 1.807) is 6.92 Å². The number of methoxy groups -OCH3 is 1. The van der Waals surface area contributed by atoms with Crippen molar-refractivity contribution < 1.29 is 36.6 Å². The number of alkyl halides is 3. The zero-order valence-corrected chi connectivity index (χ0v) is 15.3. The van der Waals surface area contributed by atoms with Gasteiger partial charge in [0.15, 0.2) is 0 Å². The number of hydrogen-bond donors (Lipinski definition) is 0. The molecule has 0 saturated carbocycles. The third kappa shape index (κ3) is 4.34. The van der Waals surface area contributed by atoms with Crippen LogP contribution in [0.1, 0.15) is 19.1 Å². The van der Waals surface area contributed by atoms with Crippen molar-refractivity contribution in [3.05, 3.63) is 58.4 Å². The Labute approximate surface area is 162 Å².